The summed E-state index contributed by atoms with van der Waals surface area (Å²) in [5.74, 6) is 0.240. The molecule has 2 aliphatic heterocycles. The van der Waals surface area contributed by atoms with E-state index in [1.165, 1.54) is 17.4 Å². The molecular formula is C21H26N2O3. The van der Waals surface area contributed by atoms with Crippen LogP contribution in [0.3, 0.4) is 0 Å². The zero-order valence-corrected chi connectivity index (χ0v) is 15.2. The smallest absolute Gasteiger partial charge is 0.287 e. The topological polar surface area (TPSA) is 54.7 Å². The summed E-state index contributed by atoms with van der Waals surface area (Å²) in [5.41, 5.74) is 2.49. The Bertz CT molecular complexity index is 741. The van der Waals surface area contributed by atoms with Crippen molar-refractivity contribution in [2.24, 2.45) is 0 Å². The standard InChI is InChI=1S/C21H26N2O3/c1-16-4-6-17(7-5-16)14-23-10-9-21(15-23)13-18(8-12-26-21)22-20(24)19-3-2-11-25-19/h2-7,11,18H,8-10,12-15H2,1H3,(H,22,24)/t18-,21-/m1/s1. The van der Waals surface area contributed by atoms with Crippen LogP contribution in [0, 0.1) is 6.92 Å². The van der Waals surface area contributed by atoms with Gasteiger partial charge in [-0.1, -0.05) is 29.8 Å². The third-order valence-electron chi connectivity index (χ3n) is 5.50. The molecule has 1 N–H and O–H groups in total. The molecule has 1 spiro atoms. The lowest BCUT2D eigenvalue weighted by atomic mass is 9.89. The van der Waals surface area contributed by atoms with Gasteiger partial charge in [0.25, 0.3) is 5.91 Å². The van der Waals surface area contributed by atoms with Crippen LogP contribution in [0.5, 0.6) is 0 Å². The minimum absolute atomic E-state index is 0.133. The van der Waals surface area contributed by atoms with Crippen molar-refractivity contribution in [2.45, 2.75) is 44.4 Å². The van der Waals surface area contributed by atoms with Gasteiger partial charge in [0.05, 0.1) is 11.9 Å². The van der Waals surface area contributed by atoms with Gasteiger partial charge in [-0.3, -0.25) is 9.69 Å². The van der Waals surface area contributed by atoms with Crippen LogP contribution in [-0.2, 0) is 11.3 Å². The van der Waals surface area contributed by atoms with Gasteiger partial charge < -0.3 is 14.5 Å². The zero-order valence-electron chi connectivity index (χ0n) is 15.2. The lowest BCUT2D eigenvalue weighted by Gasteiger charge is -2.38. The maximum absolute atomic E-state index is 12.3. The van der Waals surface area contributed by atoms with Crippen LogP contribution >= 0.6 is 0 Å². The van der Waals surface area contributed by atoms with Crippen LogP contribution < -0.4 is 5.32 Å². The van der Waals surface area contributed by atoms with Crippen LogP contribution in [0.2, 0.25) is 0 Å². The number of hydrogen-bond donors (Lipinski definition) is 1. The van der Waals surface area contributed by atoms with Crippen molar-refractivity contribution in [1.29, 1.82) is 0 Å². The number of carbonyl (C=O) groups excluding carboxylic acids is 1. The highest BCUT2D eigenvalue weighted by Crippen LogP contribution is 2.35. The number of carbonyl (C=O) groups is 1. The number of nitrogens with one attached hydrogen (secondary N) is 1. The summed E-state index contributed by atoms with van der Waals surface area (Å²) < 4.78 is 11.4. The molecule has 1 aromatic heterocycles. The Balaban J connectivity index is 1.35. The number of amides is 1. The maximum atomic E-state index is 12.3. The summed E-state index contributed by atoms with van der Waals surface area (Å²) in [4.78, 5) is 14.7. The number of rotatable bonds is 4. The predicted molar refractivity (Wildman–Crippen MR) is 99.0 cm³/mol. The Hall–Kier alpha value is -2.11. The Labute approximate surface area is 154 Å². The molecule has 2 saturated heterocycles. The Morgan fingerprint density at radius 3 is 2.92 bits per heavy atom. The molecule has 5 heteroatoms. The van der Waals surface area contributed by atoms with Crippen molar-refractivity contribution in [3.8, 4) is 0 Å². The third-order valence-corrected chi connectivity index (χ3v) is 5.50. The second-order valence-electron chi connectivity index (χ2n) is 7.62. The van der Waals surface area contributed by atoms with Crippen LogP contribution in [-0.4, -0.2) is 42.1 Å². The van der Waals surface area contributed by atoms with Gasteiger partial charge in [-0.2, -0.15) is 0 Å². The fourth-order valence-corrected chi connectivity index (χ4v) is 4.11. The minimum atomic E-state index is -0.135. The van der Waals surface area contributed by atoms with Gasteiger partial charge in [0.1, 0.15) is 0 Å². The van der Waals surface area contributed by atoms with Gasteiger partial charge >= 0.3 is 0 Å². The Kier molecular flexibility index (Phi) is 4.83. The molecule has 0 unspecified atom stereocenters. The fourth-order valence-electron chi connectivity index (χ4n) is 4.11. The van der Waals surface area contributed by atoms with Crippen LogP contribution in [0.1, 0.15) is 40.9 Å². The van der Waals surface area contributed by atoms with Crippen molar-refractivity contribution in [3.63, 3.8) is 0 Å². The third kappa shape index (κ3) is 3.84. The molecule has 5 nitrogen and oxygen atoms in total. The molecule has 2 aromatic rings. The summed E-state index contributed by atoms with van der Waals surface area (Å²) in [6.07, 6.45) is 4.27. The highest BCUT2D eigenvalue weighted by molar-refractivity contribution is 5.91. The number of likely N-dealkylation sites (tertiary alicyclic amines) is 1. The molecule has 26 heavy (non-hydrogen) atoms. The first-order chi connectivity index (χ1) is 12.6. The fraction of sp³-hybridized carbons (Fsp3) is 0.476. The molecule has 1 amide bonds. The lowest BCUT2D eigenvalue weighted by molar-refractivity contribution is -0.0793. The quantitative estimate of drug-likeness (QED) is 0.916. The lowest BCUT2D eigenvalue weighted by Crippen LogP contribution is -2.49. The monoisotopic (exact) mass is 354 g/mol. The van der Waals surface area contributed by atoms with E-state index in [1.807, 2.05) is 0 Å². The van der Waals surface area contributed by atoms with Gasteiger partial charge in [0, 0.05) is 32.3 Å². The number of aryl methyl sites for hydroxylation is 1. The van der Waals surface area contributed by atoms with Crippen molar-refractivity contribution in [2.75, 3.05) is 19.7 Å². The normalized spacial score (nSPS) is 26.3. The van der Waals surface area contributed by atoms with Gasteiger partial charge in [-0.15, -0.1) is 0 Å². The maximum Gasteiger partial charge on any atom is 0.287 e. The van der Waals surface area contributed by atoms with E-state index in [0.29, 0.717) is 12.4 Å². The van der Waals surface area contributed by atoms with E-state index in [9.17, 15) is 4.79 Å². The molecule has 2 atom stereocenters. The molecule has 3 heterocycles. The van der Waals surface area contributed by atoms with E-state index >= 15 is 0 Å². The molecule has 0 aliphatic carbocycles. The molecule has 4 rings (SSSR count). The molecule has 0 saturated carbocycles. The van der Waals surface area contributed by atoms with Crippen molar-refractivity contribution < 1.29 is 13.9 Å². The van der Waals surface area contributed by atoms with Crippen molar-refractivity contribution in [3.05, 3.63) is 59.5 Å². The molecular weight excluding hydrogens is 328 g/mol. The predicted octanol–water partition coefficient (Wildman–Crippen LogP) is 3.14. The minimum Gasteiger partial charge on any atom is -0.459 e. The largest absolute Gasteiger partial charge is 0.459 e. The molecule has 1 aromatic carbocycles. The first-order valence-corrected chi connectivity index (χ1v) is 9.38. The van der Waals surface area contributed by atoms with Crippen molar-refractivity contribution in [1.82, 2.24) is 10.2 Å². The second-order valence-corrected chi connectivity index (χ2v) is 7.62. The van der Waals surface area contributed by atoms with E-state index in [2.05, 4.69) is 41.4 Å². The van der Waals surface area contributed by atoms with Crippen LogP contribution in [0.4, 0.5) is 0 Å². The van der Waals surface area contributed by atoms with Crippen molar-refractivity contribution >= 4 is 5.91 Å². The van der Waals surface area contributed by atoms with Crippen LogP contribution in [0.15, 0.2) is 47.1 Å². The summed E-state index contributed by atoms with van der Waals surface area (Å²) >= 11 is 0. The average Bonchev–Trinajstić information content (AvgIpc) is 3.28. The second kappa shape index (κ2) is 7.25. The first kappa shape index (κ1) is 17.3. The Morgan fingerprint density at radius 2 is 2.15 bits per heavy atom. The molecule has 2 fully saturated rings. The summed E-state index contributed by atoms with van der Waals surface area (Å²) in [6.45, 7) is 5.72. The zero-order chi connectivity index (χ0) is 18.0. The molecule has 0 radical (unpaired) electrons. The summed E-state index contributed by atoms with van der Waals surface area (Å²) in [6, 6.07) is 12.3. The Morgan fingerprint density at radius 1 is 1.31 bits per heavy atom. The van der Waals surface area contributed by atoms with Gasteiger partial charge in [0.2, 0.25) is 0 Å². The number of hydrogen-bond acceptors (Lipinski definition) is 4. The number of benzene rings is 1. The highest BCUT2D eigenvalue weighted by Gasteiger charge is 2.43. The van der Waals surface area contributed by atoms with Crippen LogP contribution in [0.25, 0.3) is 0 Å². The summed E-state index contributed by atoms with van der Waals surface area (Å²) in [5, 5.41) is 3.11. The number of furan rings is 1. The van der Waals surface area contributed by atoms with Gasteiger partial charge in [-0.05, 0) is 43.9 Å². The van der Waals surface area contributed by atoms with E-state index in [-0.39, 0.29) is 17.6 Å². The molecule has 2 aliphatic rings. The number of nitrogens with zero attached hydrogens (tertiary/aromatic N) is 1. The SMILES string of the molecule is Cc1ccc(CN2CC[C@@]3(C[C@H](NC(=O)c4ccco4)CCO3)C2)cc1. The molecule has 138 valence electrons. The van der Waals surface area contributed by atoms with Gasteiger partial charge in [-0.25, -0.2) is 0 Å². The number of ether oxygens (including phenoxy) is 1. The summed E-state index contributed by atoms with van der Waals surface area (Å²) in [7, 11) is 0. The van der Waals surface area contributed by atoms with Gasteiger partial charge in [0.15, 0.2) is 5.76 Å². The van der Waals surface area contributed by atoms with E-state index < -0.39 is 0 Å². The van der Waals surface area contributed by atoms with E-state index in [0.717, 1.165) is 38.9 Å². The first-order valence-electron chi connectivity index (χ1n) is 9.38. The van der Waals surface area contributed by atoms with E-state index in [4.69, 9.17) is 9.15 Å². The molecule has 0 bridgehead atoms. The van der Waals surface area contributed by atoms with E-state index in [1.54, 1.807) is 12.1 Å². The average molecular weight is 354 g/mol. The highest BCUT2D eigenvalue weighted by atomic mass is 16.5.